The Morgan fingerprint density at radius 3 is 2.64 bits per heavy atom. The molecule has 0 spiro atoms. The quantitative estimate of drug-likeness (QED) is 0.431. The average Bonchev–Trinajstić information content (AvgIpc) is 3.29. The molecule has 0 atom stereocenters. The Balaban J connectivity index is 1.37. The maximum Gasteiger partial charge on any atom is 0.284 e. The van der Waals surface area contributed by atoms with Crippen molar-refractivity contribution >= 4 is 38.8 Å². The van der Waals surface area contributed by atoms with Crippen LogP contribution >= 0.6 is 11.3 Å². The van der Waals surface area contributed by atoms with Gasteiger partial charge in [-0.15, -0.1) is 11.3 Å². The summed E-state index contributed by atoms with van der Waals surface area (Å²) >= 11 is 1.53. The Hall–Kier alpha value is -3.72. The van der Waals surface area contributed by atoms with Gasteiger partial charge in [0.15, 0.2) is 0 Å². The second kappa shape index (κ2) is 8.67. The van der Waals surface area contributed by atoms with Gasteiger partial charge in [-0.2, -0.15) is 4.73 Å². The molecule has 4 aromatic rings. The Morgan fingerprint density at radius 2 is 1.88 bits per heavy atom. The molecule has 1 amide bonds. The Morgan fingerprint density at radius 1 is 1.12 bits per heavy atom. The fourth-order valence-electron chi connectivity index (χ4n) is 4.21. The zero-order valence-corrected chi connectivity index (χ0v) is 18.4. The molecule has 0 unspecified atom stereocenters. The highest BCUT2D eigenvalue weighted by Gasteiger charge is 2.27. The van der Waals surface area contributed by atoms with Crippen LogP contribution in [-0.2, 0) is 0 Å². The number of fused-ring (bicyclic) bond motifs is 1. The van der Waals surface area contributed by atoms with Gasteiger partial charge in [0.1, 0.15) is 5.82 Å². The second-order valence-electron chi connectivity index (χ2n) is 8.06. The van der Waals surface area contributed by atoms with E-state index in [1.54, 1.807) is 22.5 Å². The molecule has 1 fully saturated rings. The highest BCUT2D eigenvalue weighted by atomic mass is 32.1. The molecule has 33 heavy (non-hydrogen) atoms. The van der Waals surface area contributed by atoms with Crippen molar-refractivity contribution in [3.8, 4) is 0 Å². The first-order valence-electron chi connectivity index (χ1n) is 10.6. The zero-order chi connectivity index (χ0) is 22.9. The summed E-state index contributed by atoms with van der Waals surface area (Å²) in [7, 11) is 0. The zero-order valence-electron chi connectivity index (χ0n) is 17.6. The van der Waals surface area contributed by atoms with Crippen molar-refractivity contribution in [3.05, 3.63) is 87.5 Å². The van der Waals surface area contributed by atoms with Gasteiger partial charge in [-0.25, -0.2) is 9.37 Å². The maximum absolute atomic E-state index is 13.3. The molecule has 5 rings (SSSR count). The lowest BCUT2D eigenvalue weighted by molar-refractivity contribution is 0.0708. The number of likely N-dealkylation sites (tertiary alicyclic amines) is 1. The van der Waals surface area contributed by atoms with Gasteiger partial charge in [0.05, 0.1) is 33.2 Å². The Labute approximate surface area is 192 Å². The average molecular weight is 465 g/mol. The smallest absolute Gasteiger partial charge is 0.284 e. The highest BCUT2D eigenvalue weighted by molar-refractivity contribution is 7.16. The van der Waals surface area contributed by atoms with E-state index in [4.69, 9.17) is 0 Å². The van der Waals surface area contributed by atoms with Gasteiger partial charge in [-0.05, 0) is 54.7 Å². The van der Waals surface area contributed by atoms with E-state index in [1.807, 2.05) is 18.2 Å². The van der Waals surface area contributed by atoms with E-state index in [0.717, 1.165) is 34.8 Å². The molecule has 2 aromatic heterocycles. The van der Waals surface area contributed by atoms with Gasteiger partial charge in [0, 0.05) is 24.8 Å². The molecule has 0 bridgehead atoms. The molecule has 2 N–H and O–H groups in total. The summed E-state index contributed by atoms with van der Waals surface area (Å²) in [4.78, 5) is 31.4. The fraction of sp³-hybridized carbons (Fsp3) is 0.208. The number of carbonyl (C=O) groups excluding carboxylic acids is 1. The lowest BCUT2D eigenvalue weighted by atomic mass is 9.89. The lowest BCUT2D eigenvalue weighted by Crippen LogP contribution is -2.38. The van der Waals surface area contributed by atoms with Crippen molar-refractivity contribution in [2.45, 2.75) is 18.8 Å². The van der Waals surface area contributed by atoms with Crippen LogP contribution in [0.25, 0.3) is 10.2 Å². The summed E-state index contributed by atoms with van der Waals surface area (Å²) in [5.41, 5.74) is 4.21. The molecule has 3 heterocycles. The number of nitrogens with zero attached hydrogens (tertiary/aromatic N) is 3. The number of thiazole rings is 1. The normalized spacial score (nSPS) is 14.5. The monoisotopic (exact) mass is 464 g/mol. The third kappa shape index (κ3) is 4.31. The van der Waals surface area contributed by atoms with Gasteiger partial charge >= 0.3 is 0 Å². The van der Waals surface area contributed by atoms with Crippen molar-refractivity contribution in [3.63, 3.8) is 0 Å². The molecule has 9 heteroatoms. The van der Waals surface area contributed by atoms with Crippen LogP contribution in [0.4, 0.5) is 15.8 Å². The van der Waals surface area contributed by atoms with Crippen LogP contribution in [-0.4, -0.2) is 38.8 Å². The first-order valence-corrected chi connectivity index (χ1v) is 11.5. The van der Waals surface area contributed by atoms with E-state index in [0.29, 0.717) is 29.2 Å². The van der Waals surface area contributed by atoms with E-state index in [1.165, 1.54) is 29.5 Å². The molecule has 0 radical (unpaired) electrons. The number of amides is 1. The Kier molecular flexibility index (Phi) is 5.55. The molecule has 2 aromatic carbocycles. The molecule has 1 saturated heterocycles. The topological polar surface area (TPSA) is 87.5 Å². The minimum atomic E-state index is -0.640. The largest absolute Gasteiger partial charge is 0.425 e. The number of benzene rings is 2. The number of hydrogen-bond acceptors (Lipinski definition) is 6. The number of rotatable bonds is 4. The Bertz CT molecular complexity index is 1370. The summed E-state index contributed by atoms with van der Waals surface area (Å²) in [6, 6.07) is 13.3. The SMILES string of the molecule is O=C(c1cn(O)c(=O)cc1Nc1ccc2scnc2c1)N1CCC(c2ccc(F)cc2)CC1. The first-order chi connectivity index (χ1) is 16.0. The first kappa shape index (κ1) is 21.1. The van der Waals surface area contributed by atoms with Crippen molar-refractivity contribution in [2.24, 2.45) is 0 Å². The molecular formula is C24H21FN4O3S. The van der Waals surface area contributed by atoms with Crippen LogP contribution in [0.5, 0.6) is 0 Å². The summed E-state index contributed by atoms with van der Waals surface area (Å²) in [6.07, 6.45) is 2.65. The fourth-order valence-corrected chi connectivity index (χ4v) is 4.87. The van der Waals surface area contributed by atoms with Gasteiger partial charge in [-0.1, -0.05) is 12.1 Å². The van der Waals surface area contributed by atoms with Crippen molar-refractivity contribution in [1.29, 1.82) is 0 Å². The van der Waals surface area contributed by atoms with Crippen LogP contribution in [0.2, 0.25) is 0 Å². The number of pyridine rings is 1. The number of aromatic nitrogens is 2. The van der Waals surface area contributed by atoms with Gasteiger partial charge in [-0.3, -0.25) is 9.59 Å². The lowest BCUT2D eigenvalue weighted by Gasteiger charge is -2.32. The van der Waals surface area contributed by atoms with Crippen LogP contribution < -0.4 is 10.9 Å². The third-order valence-electron chi connectivity index (χ3n) is 6.00. The third-order valence-corrected chi connectivity index (χ3v) is 6.81. The van der Waals surface area contributed by atoms with Gasteiger partial charge in [0.2, 0.25) is 0 Å². The van der Waals surface area contributed by atoms with Crippen molar-refractivity contribution in [1.82, 2.24) is 14.6 Å². The number of hydrogen-bond donors (Lipinski definition) is 2. The van der Waals surface area contributed by atoms with E-state index in [2.05, 4.69) is 10.3 Å². The highest BCUT2D eigenvalue weighted by Crippen LogP contribution is 2.30. The predicted molar refractivity (Wildman–Crippen MR) is 125 cm³/mol. The molecule has 1 aliphatic rings. The summed E-state index contributed by atoms with van der Waals surface area (Å²) < 4.78 is 14.7. The number of carbonyl (C=O) groups is 1. The molecular weight excluding hydrogens is 443 g/mol. The van der Waals surface area contributed by atoms with Gasteiger partial charge in [0.25, 0.3) is 11.5 Å². The van der Waals surface area contributed by atoms with Crippen molar-refractivity contribution < 1.29 is 14.4 Å². The number of nitrogens with one attached hydrogen (secondary N) is 1. The van der Waals surface area contributed by atoms with E-state index >= 15 is 0 Å². The standard InChI is InChI=1S/C24H21FN4O3S/c25-17-3-1-15(2-4-17)16-7-9-28(10-8-16)24(31)19-13-29(32)23(30)12-20(19)27-18-5-6-22-21(11-18)26-14-33-22/h1-6,11-14,16,27,32H,7-10H2. The molecule has 1 aliphatic heterocycles. The summed E-state index contributed by atoms with van der Waals surface area (Å²) in [5, 5.41) is 13.1. The summed E-state index contributed by atoms with van der Waals surface area (Å²) in [5.74, 6) is -0.282. The molecule has 0 saturated carbocycles. The van der Waals surface area contributed by atoms with E-state index in [9.17, 15) is 19.2 Å². The minimum absolute atomic E-state index is 0.204. The minimum Gasteiger partial charge on any atom is -0.425 e. The van der Waals surface area contributed by atoms with Crippen LogP contribution in [0.1, 0.15) is 34.7 Å². The predicted octanol–water partition coefficient (Wildman–Crippen LogP) is 4.60. The second-order valence-corrected chi connectivity index (χ2v) is 8.95. The summed E-state index contributed by atoms with van der Waals surface area (Å²) in [6.45, 7) is 1.05. The van der Waals surface area contributed by atoms with Crippen LogP contribution in [0, 0.1) is 5.82 Å². The van der Waals surface area contributed by atoms with E-state index in [-0.39, 0.29) is 23.2 Å². The molecule has 7 nitrogen and oxygen atoms in total. The number of halogens is 1. The number of anilines is 2. The molecule has 168 valence electrons. The van der Waals surface area contributed by atoms with Crippen LogP contribution in [0.15, 0.2) is 65.0 Å². The van der Waals surface area contributed by atoms with Crippen molar-refractivity contribution in [2.75, 3.05) is 18.4 Å². The van der Waals surface area contributed by atoms with E-state index < -0.39 is 5.56 Å². The molecule has 0 aliphatic carbocycles. The number of piperidine rings is 1. The van der Waals surface area contributed by atoms with Gasteiger partial charge < -0.3 is 15.4 Å². The van der Waals surface area contributed by atoms with Crippen LogP contribution in [0.3, 0.4) is 0 Å². The maximum atomic E-state index is 13.3.